The molecule has 0 atom stereocenters. The first-order valence-corrected chi connectivity index (χ1v) is 16.3. The Kier molecular flexibility index (Phi) is 13.0. The number of hydrogen-bond acceptors (Lipinski definition) is 10. The third-order valence-electron chi connectivity index (χ3n) is 8.15. The van der Waals surface area contributed by atoms with Crippen LogP contribution in [0.5, 0.6) is 17.2 Å². The summed E-state index contributed by atoms with van der Waals surface area (Å²) in [6.45, 7) is 3.28. The van der Waals surface area contributed by atoms with Gasteiger partial charge in [-0.05, 0) is 47.5 Å². The van der Waals surface area contributed by atoms with Gasteiger partial charge in [0.25, 0.3) is 5.91 Å². The molecule has 1 aliphatic rings. The summed E-state index contributed by atoms with van der Waals surface area (Å²) in [6.07, 6.45) is -3.17. The van der Waals surface area contributed by atoms with Crippen LogP contribution in [-0.2, 0) is 30.7 Å². The van der Waals surface area contributed by atoms with Gasteiger partial charge in [0.15, 0.2) is 0 Å². The molecule has 16 heteroatoms. The number of aromatic hydroxyl groups is 1. The second-order valence-electron chi connectivity index (χ2n) is 12.0. The van der Waals surface area contributed by atoms with Crippen LogP contribution in [-0.4, -0.2) is 69.9 Å². The molecule has 5 aromatic rings. The Hall–Kier alpha value is -5.51. The second kappa shape index (κ2) is 17.8. The number of rotatable bonds is 13. The molecule has 1 saturated heterocycles. The Balaban J connectivity index is 0.00000541. The van der Waals surface area contributed by atoms with Crippen molar-refractivity contribution < 1.29 is 41.5 Å². The normalized spacial score (nSPS) is 13.8. The number of hydrogen-bond donors (Lipinski definition) is 2. The van der Waals surface area contributed by atoms with Crippen LogP contribution >= 0.6 is 12.4 Å². The van der Waals surface area contributed by atoms with Crippen LogP contribution in [0.2, 0.25) is 0 Å². The average molecular weight is 755 g/mol. The highest BCUT2D eigenvalue weighted by Gasteiger charge is 2.34. The Morgan fingerprint density at radius 3 is 2.38 bits per heavy atom. The van der Waals surface area contributed by atoms with Gasteiger partial charge in [0.1, 0.15) is 36.3 Å². The number of phenolic OH excluding ortho intramolecular Hbond substituents is 1. The Morgan fingerprint density at radius 1 is 0.906 bits per heavy atom. The van der Waals surface area contributed by atoms with Gasteiger partial charge in [-0.1, -0.05) is 53.7 Å². The van der Waals surface area contributed by atoms with Gasteiger partial charge in [0, 0.05) is 43.4 Å². The topological polar surface area (TPSA) is 126 Å². The lowest BCUT2D eigenvalue weighted by molar-refractivity contribution is -0.139. The number of para-hydroxylation sites is 1. The first kappa shape index (κ1) is 38.7. The van der Waals surface area contributed by atoms with Crippen molar-refractivity contribution >= 4 is 24.5 Å². The van der Waals surface area contributed by atoms with E-state index >= 15 is 0 Å². The molecule has 6 rings (SSSR count). The molecule has 2 N–H and O–H groups in total. The Labute approximate surface area is 308 Å². The van der Waals surface area contributed by atoms with Gasteiger partial charge in [-0.15, -0.1) is 12.4 Å². The van der Waals surface area contributed by atoms with Crippen LogP contribution in [0.25, 0.3) is 11.4 Å². The average Bonchev–Trinajstić information content (AvgIpc) is 3.60. The second-order valence-corrected chi connectivity index (χ2v) is 12.0. The maximum Gasteiger partial charge on any atom is 0.419 e. The van der Waals surface area contributed by atoms with Gasteiger partial charge < -0.3 is 19.1 Å². The van der Waals surface area contributed by atoms with Crippen molar-refractivity contribution in [2.45, 2.75) is 25.9 Å². The molecule has 1 fully saturated rings. The number of ether oxygens (including phenoxy) is 2. The zero-order valence-corrected chi connectivity index (χ0v) is 28.9. The van der Waals surface area contributed by atoms with Crippen molar-refractivity contribution in [3.05, 3.63) is 125 Å². The number of benzene rings is 4. The molecular formula is C37H35ClF4N6O5. The SMILES string of the molecule is Cl.O=C(CN1CCN(Cc2nc(-c3ccc(COc4ccccc4C(F)(F)F)cc3)no2)CC1)NN=Cc1ccc(OCc2cccc(F)c2)cc1O. The van der Waals surface area contributed by atoms with E-state index in [2.05, 4.69) is 25.6 Å². The van der Waals surface area contributed by atoms with Gasteiger partial charge in [0.05, 0.1) is 24.9 Å². The minimum Gasteiger partial charge on any atom is -0.507 e. The largest absolute Gasteiger partial charge is 0.507 e. The number of amides is 1. The number of hydrazone groups is 1. The number of alkyl halides is 3. The highest BCUT2D eigenvalue weighted by Crippen LogP contribution is 2.36. The lowest BCUT2D eigenvalue weighted by Crippen LogP contribution is -2.48. The molecule has 1 amide bonds. The summed E-state index contributed by atoms with van der Waals surface area (Å²) in [6, 6.07) is 22.8. The molecule has 278 valence electrons. The van der Waals surface area contributed by atoms with Crippen LogP contribution in [0.1, 0.15) is 28.1 Å². The zero-order valence-electron chi connectivity index (χ0n) is 28.1. The smallest absolute Gasteiger partial charge is 0.419 e. The maximum atomic E-state index is 13.4. The first-order chi connectivity index (χ1) is 25.1. The predicted octanol–water partition coefficient (Wildman–Crippen LogP) is 6.45. The molecule has 0 unspecified atom stereocenters. The Morgan fingerprint density at radius 2 is 1.64 bits per heavy atom. The van der Waals surface area contributed by atoms with Crippen LogP contribution in [0.3, 0.4) is 0 Å². The molecule has 0 spiro atoms. The number of nitrogens with zero attached hydrogens (tertiary/aromatic N) is 5. The lowest BCUT2D eigenvalue weighted by atomic mass is 10.1. The van der Waals surface area contributed by atoms with Crippen molar-refractivity contribution in [2.75, 3.05) is 32.7 Å². The number of piperazine rings is 1. The summed E-state index contributed by atoms with van der Waals surface area (Å²) < 4.78 is 69.6. The highest BCUT2D eigenvalue weighted by molar-refractivity contribution is 5.86. The fraction of sp³-hybridized carbons (Fsp3) is 0.243. The van der Waals surface area contributed by atoms with E-state index in [1.807, 2.05) is 4.90 Å². The van der Waals surface area contributed by atoms with E-state index in [0.29, 0.717) is 72.4 Å². The summed E-state index contributed by atoms with van der Waals surface area (Å²) in [5, 5.41) is 18.4. The summed E-state index contributed by atoms with van der Waals surface area (Å²) >= 11 is 0. The number of halogens is 5. The van der Waals surface area contributed by atoms with Gasteiger partial charge in [-0.2, -0.15) is 23.3 Å². The molecule has 0 aliphatic carbocycles. The van der Waals surface area contributed by atoms with Gasteiger partial charge in [-0.25, -0.2) is 9.82 Å². The monoisotopic (exact) mass is 754 g/mol. The number of nitrogens with one attached hydrogen (secondary N) is 1. The van der Waals surface area contributed by atoms with Crippen molar-refractivity contribution in [1.29, 1.82) is 0 Å². The fourth-order valence-corrected chi connectivity index (χ4v) is 5.40. The number of aromatic nitrogens is 2. The number of phenols is 1. The van der Waals surface area contributed by atoms with E-state index < -0.39 is 11.7 Å². The summed E-state index contributed by atoms with van der Waals surface area (Å²) in [5.41, 5.74) is 4.06. The number of carbonyl (C=O) groups is 1. The van der Waals surface area contributed by atoms with Crippen LogP contribution in [0.15, 0.2) is 101 Å². The molecule has 2 heterocycles. The lowest BCUT2D eigenvalue weighted by Gasteiger charge is -2.33. The summed E-state index contributed by atoms with van der Waals surface area (Å²) in [4.78, 5) is 21.1. The van der Waals surface area contributed by atoms with Crippen LogP contribution in [0.4, 0.5) is 17.6 Å². The number of carbonyl (C=O) groups excluding carboxylic acids is 1. The van der Waals surface area contributed by atoms with E-state index in [1.54, 1.807) is 48.5 Å². The molecule has 1 aromatic heterocycles. The van der Waals surface area contributed by atoms with Crippen molar-refractivity contribution in [3.63, 3.8) is 0 Å². The fourth-order valence-electron chi connectivity index (χ4n) is 5.40. The molecule has 0 bridgehead atoms. The van der Waals surface area contributed by atoms with Gasteiger partial charge in [0.2, 0.25) is 11.7 Å². The van der Waals surface area contributed by atoms with E-state index in [-0.39, 0.29) is 55.4 Å². The van der Waals surface area contributed by atoms with Crippen molar-refractivity contribution in [3.8, 4) is 28.6 Å². The molecule has 4 aromatic carbocycles. The quantitative estimate of drug-likeness (QED) is 0.0793. The molecule has 0 saturated carbocycles. The summed E-state index contributed by atoms with van der Waals surface area (Å²) in [5.74, 6) is 0.241. The van der Waals surface area contributed by atoms with E-state index in [1.165, 1.54) is 42.6 Å². The molecule has 0 radical (unpaired) electrons. The maximum absolute atomic E-state index is 13.4. The zero-order chi connectivity index (χ0) is 36.5. The minimum atomic E-state index is -4.51. The molecule has 1 aliphatic heterocycles. The van der Waals surface area contributed by atoms with Gasteiger partial charge >= 0.3 is 6.18 Å². The summed E-state index contributed by atoms with van der Waals surface area (Å²) in [7, 11) is 0. The Bertz CT molecular complexity index is 2000. The standard InChI is InChI=1S/C37H34F4N6O5.ClH/c38-29-5-3-4-26(18-29)24-50-30-13-12-28(32(48)19-30)20-42-44-34(49)21-46-14-16-47(17-15-46)22-35-43-36(45-52-35)27-10-8-25(9-11-27)23-51-33-7-2-1-6-31(33)37(39,40)41;/h1-13,18-20,48H,14-17,21-24H2,(H,44,49);1H. The van der Waals surface area contributed by atoms with E-state index in [0.717, 1.165) is 6.07 Å². The van der Waals surface area contributed by atoms with Crippen LogP contribution in [0, 0.1) is 5.82 Å². The minimum absolute atomic E-state index is 0. The third kappa shape index (κ3) is 11.0. The van der Waals surface area contributed by atoms with Crippen LogP contribution < -0.4 is 14.9 Å². The molecular weight excluding hydrogens is 720 g/mol. The van der Waals surface area contributed by atoms with Gasteiger partial charge in [-0.3, -0.25) is 14.6 Å². The first-order valence-electron chi connectivity index (χ1n) is 16.3. The predicted molar refractivity (Wildman–Crippen MR) is 189 cm³/mol. The molecule has 53 heavy (non-hydrogen) atoms. The highest BCUT2D eigenvalue weighted by atomic mass is 35.5. The van der Waals surface area contributed by atoms with E-state index in [9.17, 15) is 27.5 Å². The van der Waals surface area contributed by atoms with E-state index in [4.69, 9.17) is 14.0 Å². The third-order valence-corrected chi connectivity index (χ3v) is 8.15. The van der Waals surface area contributed by atoms with Crippen molar-refractivity contribution in [2.24, 2.45) is 5.10 Å². The molecule has 11 nitrogen and oxygen atoms in total. The van der Waals surface area contributed by atoms with Crippen molar-refractivity contribution in [1.82, 2.24) is 25.4 Å².